The van der Waals surface area contributed by atoms with Crippen molar-refractivity contribution in [3.05, 3.63) is 6.92 Å². The summed E-state index contributed by atoms with van der Waals surface area (Å²) < 4.78 is 0. The molecule has 1 rings (SSSR count). The van der Waals surface area contributed by atoms with E-state index in [9.17, 15) is 4.79 Å². The van der Waals surface area contributed by atoms with Crippen molar-refractivity contribution in [3.63, 3.8) is 0 Å². The van der Waals surface area contributed by atoms with Gasteiger partial charge in [0.1, 0.15) is 0 Å². The summed E-state index contributed by atoms with van der Waals surface area (Å²) >= 11 is 0. The third-order valence-corrected chi connectivity index (χ3v) is 1.68. The molecule has 1 saturated heterocycles. The Labute approximate surface area is 61.2 Å². The Morgan fingerprint density at radius 3 is 3.10 bits per heavy atom. The molecule has 1 heterocycles. The molecule has 0 aliphatic carbocycles. The van der Waals surface area contributed by atoms with Crippen LogP contribution in [0, 0.1) is 6.92 Å². The van der Waals surface area contributed by atoms with Gasteiger partial charge in [0.2, 0.25) is 5.91 Å². The van der Waals surface area contributed by atoms with Crippen molar-refractivity contribution < 1.29 is 4.79 Å². The molecule has 1 fully saturated rings. The van der Waals surface area contributed by atoms with Gasteiger partial charge < -0.3 is 10.6 Å². The average molecular weight is 141 g/mol. The summed E-state index contributed by atoms with van der Waals surface area (Å²) in [6.45, 7) is 4.99. The van der Waals surface area contributed by atoms with Crippen LogP contribution in [0.1, 0.15) is 12.8 Å². The van der Waals surface area contributed by atoms with E-state index in [2.05, 4.69) is 17.6 Å². The van der Waals surface area contributed by atoms with Crippen LogP contribution in [0.25, 0.3) is 0 Å². The van der Waals surface area contributed by atoms with E-state index in [4.69, 9.17) is 0 Å². The van der Waals surface area contributed by atoms with E-state index in [1.54, 1.807) is 0 Å². The summed E-state index contributed by atoms with van der Waals surface area (Å²) in [5, 5.41) is 5.78. The number of carbonyl (C=O) groups is 1. The largest absolute Gasteiger partial charge is 0.355 e. The lowest BCUT2D eigenvalue weighted by atomic mass is 10.2. The lowest BCUT2D eigenvalue weighted by Gasteiger charge is -2.08. The maximum absolute atomic E-state index is 11.0. The minimum Gasteiger partial charge on any atom is -0.355 e. The predicted octanol–water partition coefficient (Wildman–Crippen LogP) is -0.311. The standard InChI is InChI=1S/C7H13N2O/c1-2-8-7(10)6-4-3-5-9-6/h6,9H,1-5H2,(H,8,10)/t6-/m0/s1. The summed E-state index contributed by atoms with van der Waals surface area (Å²) in [5.74, 6) is 0.0903. The van der Waals surface area contributed by atoms with E-state index in [0.717, 1.165) is 19.4 Å². The van der Waals surface area contributed by atoms with E-state index in [-0.39, 0.29) is 11.9 Å². The maximum atomic E-state index is 11.0. The quantitative estimate of drug-likeness (QED) is 0.554. The second-order valence-corrected chi connectivity index (χ2v) is 2.44. The number of hydrogen-bond donors (Lipinski definition) is 2. The van der Waals surface area contributed by atoms with Crippen LogP contribution in [0.4, 0.5) is 0 Å². The highest BCUT2D eigenvalue weighted by Gasteiger charge is 2.20. The van der Waals surface area contributed by atoms with E-state index in [1.165, 1.54) is 0 Å². The molecule has 0 bridgehead atoms. The van der Waals surface area contributed by atoms with Crippen LogP contribution < -0.4 is 10.6 Å². The summed E-state index contributed by atoms with van der Waals surface area (Å²) in [4.78, 5) is 11.0. The normalized spacial score (nSPS) is 24.7. The predicted molar refractivity (Wildman–Crippen MR) is 39.4 cm³/mol. The van der Waals surface area contributed by atoms with E-state index >= 15 is 0 Å². The lowest BCUT2D eigenvalue weighted by molar-refractivity contribution is -0.122. The zero-order chi connectivity index (χ0) is 7.40. The number of hydrogen-bond acceptors (Lipinski definition) is 2. The van der Waals surface area contributed by atoms with Crippen LogP contribution in [0.15, 0.2) is 0 Å². The smallest absolute Gasteiger partial charge is 0.237 e. The fourth-order valence-electron chi connectivity index (χ4n) is 1.15. The van der Waals surface area contributed by atoms with Gasteiger partial charge in [0.25, 0.3) is 0 Å². The molecule has 0 saturated carbocycles. The molecule has 1 aliphatic heterocycles. The minimum atomic E-state index is 0.0433. The van der Waals surface area contributed by atoms with Gasteiger partial charge in [0, 0.05) is 6.54 Å². The first-order valence-corrected chi connectivity index (χ1v) is 3.65. The third-order valence-electron chi connectivity index (χ3n) is 1.68. The van der Waals surface area contributed by atoms with Gasteiger partial charge in [-0.15, -0.1) is 0 Å². The van der Waals surface area contributed by atoms with Crippen molar-refractivity contribution in [2.45, 2.75) is 18.9 Å². The Bertz CT molecular complexity index is 119. The Morgan fingerprint density at radius 2 is 2.60 bits per heavy atom. The molecule has 0 aromatic carbocycles. The van der Waals surface area contributed by atoms with Gasteiger partial charge in [-0.05, 0) is 26.3 Å². The van der Waals surface area contributed by atoms with Gasteiger partial charge in [-0.3, -0.25) is 4.79 Å². The molecule has 0 aromatic heterocycles. The highest BCUT2D eigenvalue weighted by Crippen LogP contribution is 2.03. The molecular formula is C7H13N2O. The monoisotopic (exact) mass is 141 g/mol. The van der Waals surface area contributed by atoms with Crippen LogP contribution >= 0.6 is 0 Å². The first kappa shape index (κ1) is 7.54. The van der Waals surface area contributed by atoms with Gasteiger partial charge in [-0.1, -0.05) is 0 Å². The van der Waals surface area contributed by atoms with Gasteiger partial charge in [0.15, 0.2) is 0 Å². The topological polar surface area (TPSA) is 41.1 Å². The first-order valence-electron chi connectivity index (χ1n) is 3.65. The molecule has 0 unspecified atom stereocenters. The van der Waals surface area contributed by atoms with Crippen molar-refractivity contribution in [2.24, 2.45) is 0 Å². The lowest BCUT2D eigenvalue weighted by Crippen LogP contribution is -2.40. The van der Waals surface area contributed by atoms with Crippen molar-refractivity contribution >= 4 is 5.91 Å². The summed E-state index contributed by atoms with van der Waals surface area (Å²) in [6.07, 6.45) is 2.07. The van der Waals surface area contributed by atoms with Gasteiger partial charge in [0.05, 0.1) is 6.04 Å². The fourth-order valence-corrected chi connectivity index (χ4v) is 1.15. The molecule has 57 valence electrons. The molecule has 1 aliphatic rings. The van der Waals surface area contributed by atoms with Crippen molar-refractivity contribution in [1.82, 2.24) is 10.6 Å². The molecule has 0 spiro atoms. The maximum Gasteiger partial charge on any atom is 0.237 e. The Balaban J connectivity index is 2.25. The van der Waals surface area contributed by atoms with Crippen molar-refractivity contribution in [1.29, 1.82) is 0 Å². The number of nitrogens with one attached hydrogen (secondary N) is 2. The summed E-state index contributed by atoms with van der Waals surface area (Å²) in [7, 11) is 0. The molecule has 3 heteroatoms. The fraction of sp³-hybridized carbons (Fsp3) is 0.714. The molecule has 1 radical (unpaired) electrons. The zero-order valence-corrected chi connectivity index (χ0v) is 6.02. The molecule has 10 heavy (non-hydrogen) atoms. The van der Waals surface area contributed by atoms with Crippen molar-refractivity contribution in [3.8, 4) is 0 Å². The van der Waals surface area contributed by atoms with Gasteiger partial charge in [-0.25, -0.2) is 0 Å². The Hall–Kier alpha value is -0.570. The summed E-state index contributed by atoms with van der Waals surface area (Å²) in [5.41, 5.74) is 0. The average Bonchev–Trinajstić information content (AvgIpc) is 2.38. The Kier molecular flexibility index (Phi) is 2.68. The zero-order valence-electron chi connectivity index (χ0n) is 6.02. The number of amides is 1. The molecule has 3 nitrogen and oxygen atoms in total. The SMILES string of the molecule is [CH2]CNC(=O)[C@@H]1CCCN1. The molecular weight excluding hydrogens is 128 g/mol. The van der Waals surface area contributed by atoms with Crippen LogP contribution in [0.5, 0.6) is 0 Å². The molecule has 1 atom stereocenters. The highest BCUT2D eigenvalue weighted by molar-refractivity contribution is 5.81. The van der Waals surface area contributed by atoms with Gasteiger partial charge >= 0.3 is 0 Å². The second kappa shape index (κ2) is 3.56. The number of rotatable bonds is 2. The third kappa shape index (κ3) is 1.70. The van der Waals surface area contributed by atoms with Crippen LogP contribution in [-0.2, 0) is 4.79 Å². The van der Waals surface area contributed by atoms with Crippen LogP contribution in [0.2, 0.25) is 0 Å². The van der Waals surface area contributed by atoms with E-state index in [1.807, 2.05) is 0 Å². The van der Waals surface area contributed by atoms with Gasteiger partial charge in [-0.2, -0.15) is 0 Å². The van der Waals surface area contributed by atoms with Crippen LogP contribution in [0.3, 0.4) is 0 Å². The second-order valence-electron chi connectivity index (χ2n) is 2.44. The summed E-state index contributed by atoms with van der Waals surface area (Å²) in [6, 6.07) is 0.0433. The molecule has 2 N–H and O–H groups in total. The van der Waals surface area contributed by atoms with E-state index < -0.39 is 0 Å². The highest BCUT2D eigenvalue weighted by atomic mass is 16.2. The van der Waals surface area contributed by atoms with Crippen LogP contribution in [-0.4, -0.2) is 25.0 Å². The Morgan fingerprint density at radius 1 is 1.80 bits per heavy atom. The number of carbonyl (C=O) groups excluding carboxylic acids is 1. The first-order chi connectivity index (χ1) is 4.84. The molecule has 0 aromatic rings. The van der Waals surface area contributed by atoms with E-state index in [0.29, 0.717) is 6.54 Å². The van der Waals surface area contributed by atoms with Crippen molar-refractivity contribution in [2.75, 3.05) is 13.1 Å². The molecule has 1 amide bonds. The minimum absolute atomic E-state index is 0.0433.